The number of fused-ring (bicyclic) bond motifs is 1. The van der Waals surface area contributed by atoms with E-state index in [-0.39, 0.29) is 5.91 Å². The maximum absolute atomic E-state index is 12.5. The number of aromatic nitrogens is 1. The molecule has 0 aliphatic heterocycles. The molecule has 3 nitrogen and oxygen atoms in total. The number of nitrogens with one attached hydrogen (secondary N) is 1. The average Bonchev–Trinajstić information content (AvgIpc) is 2.91. The minimum atomic E-state index is -0.101. The smallest absolute Gasteiger partial charge is 0.257 e. The van der Waals surface area contributed by atoms with Crippen LogP contribution in [0.4, 0.5) is 5.13 Å². The molecule has 23 heavy (non-hydrogen) atoms. The number of carbonyl (C=O) groups excluding carboxylic acids is 1. The Kier molecular flexibility index (Phi) is 4.18. The molecule has 4 heteroatoms. The first-order valence-corrected chi connectivity index (χ1v) is 8.55. The predicted octanol–water partition coefficient (Wildman–Crippen LogP) is 5.29. The van der Waals surface area contributed by atoms with Gasteiger partial charge in [-0.05, 0) is 43.0 Å². The molecular formula is C19H20N2OS. The summed E-state index contributed by atoms with van der Waals surface area (Å²) in [5.74, 6) is 0.305. The molecule has 1 heterocycles. The van der Waals surface area contributed by atoms with Gasteiger partial charge in [-0.3, -0.25) is 10.1 Å². The lowest BCUT2D eigenvalue weighted by Gasteiger charge is -2.06. The van der Waals surface area contributed by atoms with Crippen molar-refractivity contribution in [2.45, 2.75) is 33.6 Å². The van der Waals surface area contributed by atoms with Crippen molar-refractivity contribution in [3.63, 3.8) is 0 Å². The second kappa shape index (κ2) is 6.13. The van der Waals surface area contributed by atoms with Crippen molar-refractivity contribution >= 4 is 32.6 Å². The Hall–Kier alpha value is -2.20. The topological polar surface area (TPSA) is 42.0 Å². The van der Waals surface area contributed by atoms with Crippen LogP contribution in [-0.4, -0.2) is 10.9 Å². The van der Waals surface area contributed by atoms with Crippen molar-refractivity contribution in [3.05, 3.63) is 58.7 Å². The van der Waals surface area contributed by atoms with E-state index in [0.29, 0.717) is 16.6 Å². The SMILES string of the molecule is Cc1ccc(C)c(C(=O)Nc2nc3c(C(C)C)cccc3s2)c1. The van der Waals surface area contributed by atoms with E-state index in [1.807, 2.05) is 44.2 Å². The number of thiazole rings is 1. The fourth-order valence-electron chi connectivity index (χ4n) is 2.63. The van der Waals surface area contributed by atoms with Gasteiger partial charge in [0.1, 0.15) is 0 Å². The average molecular weight is 324 g/mol. The van der Waals surface area contributed by atoms with Gasteiger partial charge in [-0.25, -0.2) is 4.98 Å². The van der Waals surface area contributed by atoms with E-state index >= 15 is 0 Å². The monoisotopic (exact) mass is 324 g/mol. The number of amides is 1. The third-order valence-corrected chi connectivity index (χ3v) is 4.87. The van der Waals surface area contributed by atoms with Gasteiger partial charge in [-0.15, -0.1) is 0 Å². The first-order valence-electron chi connectivity index (χ1n) is 7.74. The normalized spacial score (nSPS) is 11.2. The zero-order valence-electron chi connectivity index (χ0n) is 13.8. The Bertz CT molecular complexity index is 880. The molecule has 1 aromatic heterocycles. The van der Waals surface area contributed by atoms with Crippen LogP contribution < -0.4 is 5.32 Å². The Morgan fingerprint density at radius 1 is 1.17 bits per heavy atom. The van der Waals surface area contributed by atoms with Gasteiger partial charge in [0.05, 0.1) is 10.2 Å². The fourth-order valence-corrected chi connectivity index (χ4v) is 3.53. The molecular weight excluding hydrogens is 304 g/mol. The lowest BCUT2D eigenvalue weighted by molar-refractivity contribution is 0.102. The molecule has 0 saturated heterocycles. The molecule has 1 N–H and O–H groups in total. The molecule has 0 fully saturated rings. The molecule has 0 unspecified atom stereocenters. The van der Waals surface area contributed by atoms with Crippen LogP contribution in [-0.2, 0) is 0 Å². The van der Waals surface area contributed by atoms with Crippen molar-refractivity contribution < 1.29 is 4.79 Å². The number of aryl methyl sites for hydroxylation is 2. The molecule has 0 bridgehead atoms. The summed E-state index contributed by atoms with van der Waals surface area (Å²) >= 11 is 1.52. The quantitative estimate of drug-likeness (QED) is 0.711. The van der Waals surface area contributed by atoms with Crippen molar-refractivity contribution in [1.82, 2.24) is 4.98 Å². The second-order valence-electron chi connectivity index (χ2n) is 6.14. The number of benzene rings is 2. The summed E-state index contributed by atoms with van der Waals surface area (Å²) in [4.78, 5) is 17.2. The minimum Gasteiger partial charge on any atom is -0.298 e. The number of carbonyl (C=O) groups is 1. The Balaban J connectivity index is 1.94. The zero-order valence-corrected chi connectivity index (χ0v) is 14.6. The van der Waals surface area contributed by atoms with Crippen molar-refractivity contribution in [3.8, 4) is 0 Å². The molecule has 118 valence electrons. The van der Waals surface area contributed by atoms with Gasteiger partial charge < -0.3 is 0 Å². The predicted molar refractivity (Wildman–Crippen MR) is 97.6 cm³/mol. The third-order valence-electron chi connectivity index (χ3n) is 3.93. The molecule has 0 aliphatic carbocycles. The van der Waals surface area contributed by atoms with Crippen LogP contribution in [0, 0.1) is 13.8 Å². The van der Waals surface area contributed by atoms with Crippen LogP contribution >= 0.6 is 11.3 Å². The number of rotatable bonds is 3. The summed E-state index contributed by atoms with van der Waals surface area (Å²) in [6, 6.07) is 12.1. The van der Waals surface area contributed by atoms with Gasteiger partial charge in [0.2, 0.25) is 0 Å². The summed E-state index contributed by atoms with van der Waals surface area (Å²) in [7, 11) is 0. The highest BCUT2D eigenvalue weighted by Gasteiger charge is 2.14. The number of hydrogen-bond donors (Lipinski definition) is 1. The fraction of sp³-hybridized carbons (Fsp3) is 0.263. The summed E-state index contributed by atoms with van der Waals surface area (Å²) in [6.07, 6.45) is 0. The zero-order chi connectivity index (χ0) is 16.6. The van der Waals surface area contributed by atoms with Crippen LogP contribution in [0.25, 0.3) is 10.2 Å². The van der Waals surface area contributed by atoms with Gasteiger partial charge in [0.25, 0.3) is 5.91 Å². The molecule has 3 rings (SSSR count). The number of hydrogen-bond acceptors (Lipinski definition) is 3. The molecule has 3 aromatic rings. The molecule has 2 aromatic carbocycles. The molecule has 0 aliphatic rings. The lowest BCUT2D eigenvalue weighted by atomic mass is 10.0. The highest BCUT2D eigenvalue weighted by molar-refractivity contribution is 7.22. The number of nitrogens with zero attached hydrogens (tertiary/aromatic N) is 1. The van der Waals surface area contributed by atoms with E-state index in [9.17, 15) is 4.79 Å². The molecule has 1 amide bonds. The highest BCUT2D eigenvalue weighted by atomic mass is 32.1. The maximum Gasteiger partial charge on any atom is 0.257 e. The van der Waals surface area contributed by atoms with E-state index in [0.717, 1.165) is 21.3 Å². The van der Waals surface area contributed by atoms with Gasteiger partial charge in [-0.2, -0.15) is 0 Å². The van der Waals surface area contributed by atoms with Crippen LogP contribution in [0.3, 0.4) is 0 Å². The van der Waals surface area contributed by atoms with Crippen LogP contribution in [0.2, 0.25) is 0 Å². The Labute approximate surface area is 140 Å². The first kappa shape index (κ1) is 15.7. The van der Waals surface area contributed by atoms with E-state index in [2.05, 4.69) is 30.2 Å². The van der Waals surface area contributed by atoms with Crippen molar-refractivity contribution in [1.29, 1.82) is 0 Å². The first-order chi connectivity index (χ1) is 11.0. The molecule has 0 saturated carbocycles. The van der Waals surface area contributed by atoms with Crippen LogP contribution in [0.5, 0.6) is 0 Å². The van der Waals surface area contributed by atoms with Crippen LogP contribution in [0.1, 0.15) is 46.8 Å². The van der Waals surface area contributed by atoms with Gasteiger partial charge >= 0.3 is 0 Å². The second-order valence-corrected chi connectivity index (χ2v) is 7.17. The summed E-state index contributed by atoms with van der Waals surface area (Å²) in [5.41, 5.74) is 4.95. The molecule has 0 atom stereocenters. The van der Waals surface area contributed by atoms with Crippen molar-refractivity contribution in [2.24, 2.45) is 0 Å². The third kappa shape index (κ3) is 3.13. The Morgan fingerprint density at radius 2 is 1.96 bits per heavy atom. The van der Waals surface area contributed by atoms with Gasteiger partial charge in [0, 0.05) is 5.56 Å². The van der Waals surface area contributed by atoms with Gasteiger partial charge in [-0.1, -0.05) is 55.0 Å². The van der Waals surface area contributed by atoms with Crippen LogP contribution in [0.15, 0.2) is 36.4 Å². The van der Waals surface area contributed by atoms with Gasteiger partial charge in [0.15, 0.2) is 5.13 Å². The minimum absolute atomic E-state index is 0.101. The van der Waals surface area contributed by atoms with E-state index in [4.69, 9.17) is 0 Å². The maximum atomic E-state index is 12.5. The standard InChI is InChI=1S/C19H20N2OS/c1-11(2)14-6-5-7-16-17(14)20-19(23-16)21-18(22)15-10-12(3)8-9-13(15)4/h5-11H,1-4H3,(H,20,21,22). The van der Waals surface area contributed by atoms with E-state index in [1.54, 1.807) is 0 Å². The van der Waals surface area contributed by atoms with Crippen molar-refractivity contribution in [2.75, 3.05) is 5.32 Å². The summed E-state index contributed by atoms with van der Waals surface area (Å²) in [5, 5.41) is 3.60. The van der Waals surface area contributed by atoms with E-state index < -0.39 is 0 Å². The molecule has 0 radical (unpaired) electrons. The number of anilines is 1. The lowest BCUT2D eigenvalue weighted by Crippen LogP contribution is -2.13. The largest absolute Gasteiger partial charge is 0.298 e. The number of para-hydroxylation sites is 1. The summed E-state index contributed by atoms with van der Waals surface area (Å²) in [6.45, 7) is 8.25. The van der Waals surface area contributed by atoms with E-state index in [1.165, 1.54) is 16.9 Å². The molecule has 0 spiro atoms. The summed E-state index contributed by atoms with van der Waals surface area (Å²) < 4.78 is 1.10. The Morgan fingerprint density at radius 3 is 2.70 bits per heavy atom. The highest BCUT2D eigenvalue weighted by Crippen LogP contribution is 2.31.